The Balaban J connectivity index is 2.16. The highest BCUT2D eigenvalue weighted by Crippen LogP contribution is 2.29. The van der Waals surface area contributed by atoms with Crippen molar-refractivity contribution in [2.75, 3.05) is 11.4 Å². The first-order valence-electron chi connectivity index (χ1n) is 5.95. The van der Waals surface area contributed by atoms with Gasteiger partial charge in [-0.15, -0.1) is 5.10 Å². The van der Waals surface area contributed by atoms with Gasteiger partial charge >= 0.3 is 6.01 Å². The maximum absolute atomic E-state index is 5.71. The molecular formula is C11H20N4O. The molecule has 1 aromatic heterocycles. The van der Waals surface area contributed by atoms with Gasteiger partial charge in [0, 0.05) is 12.6 Å². The third-order valence-electron chi connectivity index (χ3n) is 3.13. The average molecular weight is 224 g/mol. The molecule has 16 heavy (non-hydrogen) atoms. The highest BCUT2D eigenvalue weighted by Gasteiger charge is 2.30. The van der Waals surface area contributed by atoms with Gasteiger partial charge in [0.05, 0.1) is 6.04 Å². The lowest BCUT2D eigenvalue weighted by Crippen LogP contribution is -2.33. The standard InChI is InChI=1S/C11H20N4O/c1-7(2)9-5-4-6-15(9)11-14-13-10(16-11)8(3)12/h7-9H,4-6,12H2,1-3H3. The van der Waals surface area contributed by atoms with Crippen molar-refractivity contribution >= 4 is 6.01 Å². The van der Waals surface area contributed by atoms with E-state index in [0.29, 0.717) is 23.9 Å². The van der Waals surface area contributed by atoms with Crippen molar-refractivity contribution < 1.29 is 4.42 Å². The highest BCUT2D eigenvalue weighted by molar-refractivity contribution is 5.29. The Bertz CT molecular complexity index is 348. The van der Waals surface area contributed by atoms with E-state index < -0.39 is 0 Å². The van der Waals surface area contributed by atoms with Gasteiger partial charge in [0.25, 0.3) is 0 Å². The first kappa shape index (κ1) is 11.4. The fourth-order valence-corrected chi connectivity index (χ4v) is 2.25. The molecule has 0 amide bonds. The molecule has 0 bridgehead atoms. The summed E-state index contributed by atoms with van der Waals surface area (Å²) in [7, 11) is 0. The van der Waals surface area contributed by atoms with E-state index in [1.165, 1.54) is 12.8 Å². The summed E-state index contributed by atoms with van der Waals surface area (Å²) in [5.41, 5.74) is 5.71. The van der Waals surface area contributed by atoms with Crippen molar-refractivity contribution in [1.29, 1.82) is 0 Å². The highest BCUT2D eigenvalue weighted by atomic mass is 16.4. The van der Waals surface area contributed by atoms with Gasteiger partial charge in [-0.05, 0) is 25.7 Å². The smallest absolute Gasteiger partial charge is 0.318 e. The summed E-state index contributed by atoms with van der Waals surface area (Å²) < 4.78 is 5.59. The fourth-order valence-electron chi connectivity index (χ4n) is 2.25. The van der Waals surface area contributed by atoms with Gasteiger partial charge < -0.3 is 15.1 Å². The van der Waals surface area contributed by atoms with Crippen LogP contribution in [0.15, 0.2) is 4.42 Å². The quantitative estimate of drug-likeness (QED) is 0.846. The molecule has 1 aromatic rings. The first-order valence-corrected chi connectivity index (χ1v) is 5.95. The number of nitrogens with two attached hydrogens (primary N) is 1. The maximum atomic E-state index is 5.71. The molecule has 1 saturated heterocycles. The van der Waals surface area contributed by atoms with Crippen LogP contribution in [0.5, 0.6) is 0 Å². The summed E-state index contributed by atoms with van der Waals surface area (Å²) in [6.07, 6.45) is 2.40. The van der Waals surface area contributed by atoms with Crippen molar-refractivity contribution in [3.05, 3.63) is 5.89 Å². The topological polar surface area (TPSA) is 68.2 Å². The van der Waals surface area contributed by atoms with Gasteiger partial charge in [-0.3, -0.25) is 0 Å². The summed E-state index contributed by atoms with van der Waals surface area (Å²) in [6, 6.07) is 0.950. The number of hydrogen-bond donors (Lipinski definition) is 1. The molecule has 2 atom stereocenters. The number of rotatable bonds is 3. The molecule has 0 saturated carbocycles. The first-order chi connectivity index (χ1) is 7.59. The fraction of sp³-hybridized carbons (Fsp3) is 0.818. The maximum Gasteiger partial charge on any atom is 0.318 e. The molecule has 1 aliphatic rings. The van der Waals surface area contributed by atoms with E-state index in [2.05, 4.69) is 28.9 Å². The lowest BCUT2D eigenvalue weighted by Gasteiger charge is -2.25. The van der Waals surface area contributed by atoms with Crippen molar-refractivity contribution in [1.82, 2.24) is 10.2 Å². The SMILES string of the molecule is CC(N)c1nnc(N2CCCC2C(C)C)o1. The van der Waals surface area contributed by atoms with Gasteiger partial charge in [-0.25, -0.2) is 0 Å². The Hall–Kier alpha value is -1.10. The van der Waals surface area contributed by atoms with Gasteiger partial charge in [-0.2, -0.15) is 0 Å². The monoisotopic (exact) mass is 224 g/mol. The van der Waals surface area contributed by atoms with E-state index in [4.69, 9.17) is 10.2 Å². The minimum absolute atomic E-state index is 0.193. The van der Waals surface area contributed by atoms with Gasteiger partial charge in [0.15, 0.2) is 0 Å². The lowest BCUT2D eigenvalue weighted by molar-refractivity contribution is 0.425. The molecule has 2 unspecified atom stereocenters. The Kier molecular flexibility index (Phi) is 3.14. The zero-order valence-corrected chi connectivity index (χ0v) is 10.2. The molecule has 0 radical (unpaired) electrons. The van der Waals surface area contributed by atoms with Crippen LogP contribution in [-0.4, -0.2) is 22.8 Å². The number of aromatic nitrogens is 2. The van der Waals surface area contributed by atoms with E-state index >= 15 is 0 Å². The molecule has 0 spiro atoms. The second-order valence-corrected chi connectivity index (χ2v) is 4.86. The Morgan fingerprint density at radius 3 is 2.69 bits per heavy atom. The van der Waals surface area contributed by atoms with Crippen LogP contribution >= 0.6 is 0 Å². The summed E-state index contributed by atoms with van der Waals surface area (Å²) in [5, 5.41) is 8.05. The van der Waals surface area contributed by atoms with E-state index in [9.17, 15) is 0 Å². The van der Waals surface area contributed by atoms with Crippen LogP contribution in [-0.2, 0) is 0 Å². The van der Waals surface area contributed by atoms with E-state index in [1.807, 2.05) is 6.92 Å². The van der Waals surface area contributed by atoms with Crippen LogP contribution in [0.4, 0.5) is 6.01 Å². The molecule has 0 aliphatic carbocycles. The second kappa shape index (κ2) is 4.41. The van der Waals surface area contributed by atoms with Crippen molar-refractivity contribution in [3.63, 3.8) is 0 Å². The van der Waals surface area contributed by atoms with E-state index in [0.717, 1.165) is 6.54 Å². The molecule has 5 nitrogen and oxygen atoms in total. The zero-order chi connectivity index (χ0) is 11.7. The van der Waals surface area contributed by atoms with E-state index in [1.54, 1.807) is 0 Å². The average Bonchev–Trinajstić information content (AvgIpc) is 2.86. The Labute approximate surface area is 96.0 Å². The minimum atomic E-state index is -0.193. The molecule has 1 fully saturated rings. The number of anilines is 1. The third kappa shape index (κ3) is 2.04. The van der Waals surface area contributed by atoms with Crippen LogP contribution in [0.3, 0.4) is 0 Å². The molecule has 2 rings (SSSR count). The van der Waals surface area contributed by atoms with Crippen molar-refractivity contribution in [3.8, 4) is 0 Å². The van der Waals surface area contributed by atoms with Gasteiger partial charge in [-0.1, -0.05) is 18.9 Å². The number of hydrogen-bond acceptors (Lipinski definition) is 5. The zero-order valence-electron chi connectivity index (χ0n) is 10.2. The molecule has 0 aromatic carbocycles. The molecular weight excluding hydrogens is 204 g/mol. The van der Waals surface area contributed by atoms with Crippen LogP contribution in [0.2, 0.25) is 0 Å². The summed E-state index contributed by atoms with van der Waals surface area (Å²) in [5.74, 6) is 1.12. The van der Waals surface area contributed by atoms with Crippen LogP contribution in [0, 0.1) is 5.92 Å². The molecule has 90 valence electrons. The van der Waals surface area contributed by atoms with Crippen LogP contribution in [0.1, 0.15) is 45.5 Å². The predicted octanol–water partition coefficient (Wildman–Crippen LogP) is 1.71. The summed E-state index contributed by atoms with van der Waals surface area (Å²) in [4.78, 5) is 2.21. The Morgan fingerprint density at radius 1 is 1.38 bits per heavy atom. The molecule has 2 heterocycles. The van der Waals surface area contributed by atoms with E-state index in [-0.39, 0.29) is 6.04 Å². The lowest BCUT2D eigenvalue weighted by atomic mass is 10.0. The summed E-state index contributed by atoms with van der Waals surface area (Å²) in [6.45, 7) is 7.31. The second-order valence-electron chi connectivity index (χ2n) is 4.86. The molecule has 2 N–H and O–H groups in total. The van der Waals surface area contributed by atoms with Crippen LogP contribution < -0.4 is 10.6 Å². The Morgan fingerprint density at radius 2 is 2.12 bits per heavy atom. The normalized spacial score (nSPS) is 23.1. The van der Waals surface area contributed by atoms with Gasteiger partial charge in [0.1, 0.15) is 0 Å². The van der Waals surface area contributed by atoms with Gasteiger partial charge in [0.2, 0.25) is 5.89 Å². The van der Waals surface area contributed by atoms with Crippen molar-refractivity contribution in [2.24, 2.45) is 11.7 Å². The summed E-state index contributed by atoms with van der Waals surface area (Å²) >= 11 is 0. The molecule has 5 heteroatoms. The van der Waals surface area contributed by atoms with Crippen molar-refractivity contribution in [2.45, 2.75) is 45.7 Å². The largest absolute Gasteiger partial charge is 0.406 e. The molecule has 1 aliphatic heterocycles. The number of nitrogens with zero attached hydrogens (tertiary/aromatic N) is 3. The third-order valence-corrected chi connectivity index (χ3v) is 3.13. The van der Waals surface area contributed by atoms with Crippen LogP contribution in [0.25, 0.3) is 0 Å². The predicted molar refractivity (Wildman–Crippen MR) is 62.1 cm³/mol. The minimum Gasteiger partial charge on any atom is -0.406 e.